The molecule has 0 bridgehead atoms. The highest BCUT2D eigenvalue weighted by atomic mass is 16.6. The molecule has 1 aliphatic carbocycles. The SMILES string of the molecule is C[C@@H]1CCCN(c2ccc(C(=O)NN3C(=O)NC4(CCCCC4)C3=O)cc2[N+](=O)[O-])C1. The highest BCUT2D eigenvalue weighted by molar-refractivity contribution is 6.09. The predicted molar refractivity (Wildman–Crippen MR) is 112 cm³/mol. The molecule has 3 aliphatic rings. The summed E-state index contributed by atoms with van der Waals surface area (Å²) in [6.45, 7) is 3.55. The van der Waals surface area contributed by atoms with E-state index in [0.29, 0.717) is 29.5 Å². The van der Waals surface area contributed by atoms with Gasteiger partial charge in [0.05, 0.1) is 4.92 Å². The zero-order valence-corrected chi connectivity index (χ0v) is 17.6. The van der Waals surface area contributed by atoms with E-state index in [2.05, 4.69) is 17.7 Å². The number of carbonyl (C=O) groups is 3. The van der Waals surface area contributed by atoms with E-state index in [1.165, 1.54) is 12.1 Å². The van der Waals surface area contributed by atoms with Crippen LogP contribution in [0, 0.1) is 16.0 Å². The van der Waals surface area contributed by atoms with Gasteiger partial charge in [-0.15, -0.1) is 0 Å². The van der Waals surface area contributed by atoms with Crippen LogP contribution in [0.25, 0.3) is 0 Å². The molecule has 2 saturated heterocycles. The number of urea groups is 1. The Kier molecular flexibility index (Phi) is 5.55. The standard InChI is InChI=1S/C21H27N5O5/c1-14-6-5-11-24(13-14)16-8-7-15(12-17(16)26(30)31)18(27)23-25-19(28)21(22-20(25)29)9-3-2-4-10-21/h7-8,12,14H,2-6,9-11,13H2,1H3,(H,22,29)(H,23,27)/t14-/m1/s1. The second-order valence-electron chi connectivity index (χ2n) is 8.81. The van der Waals surface area contributed by atoms with Crippen molar-refractivity contribution in [2.24, 2.45) is 5.92 Å². The van der Waals surface area contributed by atoms with Gasteiger partial charge >= 0.3 is 6.03 Å². The van der Waals surface area contributed by atoms with Crippen LogP contribution in [0.1, 0.15) is 62.2 Å². The summed E-state index contributed by atoms with van der Waals surface area (Å²) < 4.78 is 0. The van der Waals surface area contributed by atoms with Crippen LogP contribution in [0.3, 0.4) is 0 Å². The van der Waals surface area contributed by atoms with Crippen molar-refractivity contribution in [3.8, 4) is 0 Å². The first-order valence-electron chi connectivity index (χ1n) is 10.8. The molecule has 1 atom stereocenters. The molecule has 1 spiro atoms. The third kappa shape index (κ3) is 3.94. The van der Waals surface area contributed by atoms with Crippen molar-refractivity contribution in [2.45, 2.75) is 57.4 Å². The van der Waals surface area contributed by atoms with Gasteiger partial charge in [0.25, 0.3) is 17.5 Å². The molecule has 2 aliphatic heterocycles. The van der Waals surface area contributed by atoms with E-state index >= 15 is 0 Å². The average molecular weight is 429 g/mol. The lowest BCUT2D eigenvalue weighted by Gasteiger charge is -2.32. The monoisotopic (exact) mass is 429 g/mol. The molecule has 2 N–H and O–H groups in total. The van der Waals surface area contributed by atoms with Crippen LogP contribution in [0.4, 0.5) is 16.2 Å². The van der Waals surface area contributed by atoms with E-state index in [-0.39, 0.29) is 11.3 Å². The summed E-state index contributed by atoms with van der Waals surface area (Å²) >= 11 is 0. The number of hydrogen-bond acceptors (Lipinski definition) is 6. The molecule has 4 rings (SSSR count). The summed E-state index contributed by atoms with van der Waals surface area (Å²) in [6, 6.07) is 3.60. The number of anilines is 1. The molecule has 0 unspecified atom stereocenters. The molecule has 10 nitrogen and oxygen atoms in total. The van der Waals surface area contributed by atoms with Crippen molar-refractivity contribution in [2.75, 3.05) is 18.0 Å². The fraction of sp³-hybridized carbons (Fsp3) is 0.571. The average Bonchev–Trinajstić information content (AvgIpc) is 2.97. The zero-order chi connectivity index (χ0) is 22.2. The molecule has 0 aromatic heterocycles. The van der Waals surface area contributed by atoms with Crippen LogP contribution in [-0.4, -0.2) is 46.4 Å². The van der Waals surface area contributed by atoms with E-state index in [1.54, 1.807) is 6.07 Å². The summed E-state index contributed by atoms with van der Waals surface area (Å²) in [7, 11) is 0. The second-order valence-corrected chi connectivity index (χ2v) is 8.81. The van der Waals surface area contributed by atoms with Crippen LogP contribution < -0.4 is 15.6 Å². The molecular weight excluding hydrogens is 402 g/mol. The smallest absolute Gasteiger partial charge is 0.344 e. The third-order valence-electron chi connectivity index (χ3n) is 6.51. The third-order valence-corrected chi connectivity index (χ3v) is 6.51. The molecule has 1 saturated carbocycles. The molecule has 3 fully saturated rings. The minimum Gasteiger partial charge on any atom is -0.366 e. The Hall–Kier alpha value is -3.17. The van der Waals surface area contributed by atoms with E-state index in [0.717, 1.165) is 45.2 Å². The Bertz CT molecular complexity index is 927. The van der Waals surface area contributed by atoms with Gasteiger partial charge in [0.15, 0.2) is 0 Å². The summed E-state index contributed by atoms with van der Waals surface area (Å²) in [5, 5.41) is 15.1. The van der Waals surface area contributed by atoms with Gasteiger partial charge in [0.2, 0.25) is 0 Å². The van der Waals surface area contributed by atoms with Gasteiger partial charge in [-0.3, -0.25) is 25.1 Å². The number of nitro benzene ring substituents is 1. The molecule has 4 amide bonds. The Labute approximate surface area is 180 Å². The summed E-state index contributed by atoms with van der Waals surface area (Å²) in [5.41, 5.74) is 1.71. The first-order valence-corrected chi connectivity index (χ1v) is 10.8. The van der Waals surface area contributed by atoms with Crippen LogP contribution >= 0.6 is 0 Å². The predicted octanol–water partition coefficient (Wildman–Crippen LogP) is 2.73. The Morgan fingerprint density at radius 1 is 1.23 bits per heavy atom. The van der Waals surface area contributed by atoms with Gasteiger partial charge in [-0.1, -0.05) is 26.2 Å². The number of piperidine rings is 1. The van der Waals surface area contributed by atoms with Gasteiger partial charge in [0.1, 0.15) is 11.2 Å². The van der Waals surface area contributed by atoms with E-state index in [9.17, 15) is 24.5 Å². The second kappa shape index (κ2) is 8.16. The minimum absolute atomic E-state index is 0.0192. The molecule has 1 aromatic rings. The number of nitrogens with one attached hydrogen (secondary N) is 2. The molecule has 31 heavy (non-hydrogen) atoms. The van der Waals surface area contributed by atoms with Crippen molar-refractivity contribution < 1.29 is 19.3 Å². The van der Waals surface area contributed by atoms with E-state index in [4.69, 9.17) is 0 Å². The van der Waals surface area contributed by atoms with Crippen molar-refractivity contribution >= 4 is 29.2 Å². The molecule has 0 radical (unpaired) electrons. The minimum atomic E-state index is -0.955. The number of amides is 4. The molecule has 1 aromatic carbocycles. The van der Waals surface area contributed by atoms with Gasteiger partial charge in [-0.05, 0) is 43.7 Å². The first kappa shape index (κ1) is 21.1. The maximum Gasteiger partial charge on any atom is 0.344 e. The largest absolute Gasteiger partial charge is 0.366 e. The zero-order valence-electron chi connectivity index (χ0n) is 17.6. The lowest BCUT2D eigenvalue weighted by atomic mass is 9.82. The number of benzene rings is 1. The van der Waals surface area contributed by atoms with Crippen LogP contribution in [-0.2, 0) is 4.79 Å². The van der Waals surface area contributed by atoms with Gasteiger partial charge in [0, 0.05) is 24.7 Å². The Morgan fingerprint density at radius 3 is 2.65 bits per heavy atom. The molecule has 10 heteroatoms. The highest BCUT2D eigenvalue weighted by Gasteiger charge is 2.52. The normalized spacial score (nSPS) is 23.1. The summed E-state index contributed by atoms with van der Waals surface area (Å²) in [5.74, 6) is -0.778. The summed E-state index contributed by atoms with van der Waals surface area (Å²) in [6.07, 6.45) is 5.78. The van der Waals surface area contributed by atoms with Gasteiger partial charge in [-0.2, -0.15) is 5.01 Å². The maximum absolute atomic E-state index is 12.8. The quantitative estimate of drug-likeness (QED) is 0.431. The number of nitrogens with zero attached hydrogens (tertiary/aromatic N) is 3. The molecule has 2 heterocycles. The van der Waals surface area contributed by atoms with Gasteiger partial charge in [-0.25, -0.2) is 4.79 Å². The van der Waals surface area contributed by atoms with Crippen molar-refractivity contribution in [3.63, 3.8) is 0 Å². The highest BCUT2D eigenvalue weighted by Crippen LogP contribution is 2.34. The number of nitro groups is 1. The van der Waals surface area contributed by atoms with Crippen LogP contribution in [0.15, 0.2) is 18.2 Å². The number of carbonyl (C=O) groups excluding carboxylic acids is 3. The lowest BCUT2D eigenvalue weighted by molar-refractivity contribution is -0.384. The maximum atomic E-state index is 12.8. The van der Waals surface area contributed by atoms with Crippen LogP contribution in [0.5, 0.6) is 0 Å². The van der Waals surface area contributed by atoms with Crippen molar-refractivity contribution in [3.05, 3.63) is 33.9 Å². The Morgan fingerprint density at radius 2 is 1.97 bits per heavy atom. The topological polar surface area (TPSA) is 125 Å². The number of hydrogen-bond donors (Lipinski definition) is 2. The fourth-order valence-electron chi connectivity index (χ4n) is 4.87. The van der Waals surface area contributed by atoms with Crippen LogP contribution in [0.2, 0.25) is 0 Å². The van der Waals surface area contributed by atoms with E-state index < -0.39 is 28.3 Å². The summed E-state index contributed by atoms with van der Waals surface area (Å²) in [4.78, 5) is 51.1. The van der Waals surface area contributed by atoms with Crippen molar-refractivity contribution in [1.29, 1.82) is 0 Å². The number of hydrazine groups is 1. The Balaban J connectivity index is 1.53. The molecular formula is C21H27N5O5. The lowest BCUT2D eigenvalue weighted by Crippen LogP contribution is -2.50. The first-order chi connectivity index (χ1) is 14.8. The van der Waals surface area contributed by atoms with Crippen molar-refractivity contribution in [1.82, 2.24) is 15.8 Å². The fourth-order valence-corrected chi connectivity index (χ4v) is 4.87. The molecule has 166 valence electrons. The number of imide groups is 1. The number of rotatable bonds is 4. The van der Waals surface area contributed by atoms with E-state index in [1.807, 2.05) is 4.90 Å². The van der Waals surface area contributed by atoms with Gasteiger partial charge < -0.3 is 10.2 Å².